The molecule has 0 unspecified atom stereocenters. The van der Waals surface area contributed by atoms with Crippen LogP contribution in [0.4, 0.5) is 5.95 Å². The molecule has 0 amide bonds. The number of H-pyrrole nitrogens is 1. The summed E-state index contributed by atoms with van der Waals surface area (Å²) < 4.78 is 0. The number of aryl methyl sites for hydroxylation is 1. The molecule has 0 atom stereocenters. The van der Waals surface area contributed by atoms with Crippen molar-refractivity contribution >= 4 is 17.1 Å². The van der Waals surface area contributed by atoms with Gasteiger partial charge in [-0.2, -0.15) is 4.98 Å². The Hall–Kier alpha value is -1.69. The molecule has 0 spiro atoms. The van der Waals surface area contributed by atoms with Gasteiger partial charge in [-0.1, -0.05) is 12.8 Å². The number of nitrogens with zero attached hydrogens (tertiary/aromatic N) is 3. The predicted molar refractivity (Wildman–Crippen MR) is 67.3 cm³/mol. The third-order valence-corrected chi connectivity index (χ3v) is 2.75. The van der Waals surface area contributed by atoms with Crippen LogP contribution >= 0.6 is 0 Å². The minimum atomic E-state index is 0.293. The third-order valence-electron chi connectivity index (χ3n) is 2.75. The molecule has 5 N–H and O–H groups in total. The zero-order valence-corrected chi connectivity index (χ0v) is 9.82. The number of nitrogens with one attached hydrogen (secondary N) is 1. The first-order valence-corrected chi connectivity index (χ1v) is 5.97. The summed E-state index contributed by atoms with van der Waals surface area (Å²) in [5.41, 5.74) is 13.6. The van der Waals surface area contributed by atoms with Gasteiger partial charge in [0.25, 0.3) is 0 Å². The lowest BCUT2D eigenvalue weighted by Crippen LogP contribution is -2.01. The van der Waals surface area contributed by atoms with Gasteiger partial charge >= 0.3 is 0 Å². The fourth-order valence-electron chi connectivity index (χ4n) is 1.88. The van der Waals surface area contributed by atoms with Crippen molar-refractivity contribution in [1.82, 2.24) is 19.9 Å². The maximum absolute atomic E-state index is 5.64. The Bertz CT molecular complexity index is 478. The number of imidazole rings is 1. The summed E-state index contributed by atoms with van der Waals surface area (Å²) in [5.74, 6) is 0.293. The minimum Gasteiger partial charge on any atom is -0.368 e. The summed E-state index contributed by atoms with van der Waals surface area (Å²) in [6.07, 6.45) is 7.03. The van der Waals surface area contributed by atoms with Crippen LogP contribution in [0, 0.1) is 0 Å². The second kappa shape index (κ2) is 5.58. The number of fused-ring (bicyclic) bond motifs is 1. The third kappa shape index (κ3) is 2.91. The number of hydrogen-bond acceptors (Lipinski definition) is 5. The van der Waals surface area contributed by atoms with Crippen molar-refractivity contribution in [3.8, 4) is 0 Å². The fraction of sp³-hybridized carbons (Fsp3) is 0.545. The van der Waals surface area contributed by atoms with Crippen molar-refractivity contribution in [3.63, 3.8) is 0 Å². The molecule has 0 fully saturated rings. The van der Waals surface area contributed by atoms with Gasteiger partial charge in [-0.05, 0) is 25.8 Å². The number of nitrogens with two attached hydrogens (primary N) is 2. The van der Waals surface area contributed by atoms with Crippen LogP contribution in [-0.4, -0.2) is 26.5 Å². The van der Waals surface area contributed by atoms with Crippen LogP contribution in [0.3, 0.4) is 0 Å². The molecule has 0 saturated carbocycles. The van der Waals surface area contributed by atoms with Crippen LogP contribution < -0.4 is 11.5 Å². The quantitative estimate of drug-likeness (QED) is 0.646. The van der Waals surface area contributed by atoms with E-state index in [1.807, 2.05) is 0 Å². The molecule has 0 saturated heterocycles. The normalized spacial score (nSPS) is 11.1. The smallest absolute Gasteiger partial charge is 0.222 e. The SMILES string of the molecule is NCCCCCCc1nc(N)nc2nc[nH]c12. The Kier molecular flexibility index (Phi) is 3.87. The van der Waals surface area contributed by atoms with Gasteiger partial charge in [0.1, 0.15) is 5.52 Å². The highest BCUT2D eigenvalue weighted by Crippen LogP contribution is 2.15. The summed E-state index contributed by atoms with van der Waals surface area (Å²) in [6, 6.07) is 0. The summed E-state index contributed by atoms with van der Waals surface area (Å²) in [5, 5.41) is 0. The fourth-order valence-corrected chi connectivity index (χ4v) is 1.88. The summed E-state index contributed by atoms with van der Waals surface area (Å²) in [4.78, 5) is 15.5. The number of anilines is 1. The number of rotatable bonds is 6. The van der Waals surface area contributed by atoms with Gasteiger partial charge in [-0.3, -0.25) is 0 Å². The molecular weight excluding hydrogens is 216 g/mol. The number of hydrogen-bond donors (Lipinski definition) is 3. The first-order valence-electron chi connectivity index (χ1n) is 5.97. The molecule has 0 bridgehead atoms. The van der Waals surface area contributed by atoms with E-state index in [2.05, 4.69) is 19.9 Å². The minimum absolute atomic E-state index is 0.293. The van der Waals surface area contributed by atoms with Gasteiger partial charge in [0.05, 0.1) is 12.0 Å². The van der Waals surface area contributed by atoms with Crippen LogP contribution in [0.15, 0.2) is 6.33 Å². The molecule has 0 aliphatic carbocycles. The van der Waals surface area contributed by atoms with E-state index >= 15 is 0 Å². The standard InChI is InChI=1S/C11H18N6/c12-6-4-2-1-3-5-8-9-10(15-7-14-9)17-11(13)16-8/h7H,1-6,12H2,(H3,13,14,15,16,17). The lowest BCUT2D eigenvalue weighted by atomic mass is 10.1. The molecule has 2 aromatic rings. The molecule has 92 valence electrons. The highest BCUT2D eigenvalue weighted by Gasteiger charge is 2.07. The Morgan fingerprint density at radius 2 is 1.94 bits per heavy atom. The molecule has 0 aliphatic heterocycles. The highest BCUT2D eigenvalue weighted by molar-refractivity contribution is 5.73. The zero-order valence-electron chi connectivity index (χ0n) is 9.82. The summed E-state index contributed by atoms with van der Waals surface area (Å²) in [7, 11) is 0. The Morgan fingerprint density at radius 1 is 1.12 bits per heavy atom. The first-order chi connectivity index (χ1) is 8.31. The summed E-state index contributed by atoms with van der Waals surface area (Å²) >= 11 is 0. The number of aromatic amines is 1. The van der Waals surface area contributed by atoms with Crippen molar-refractivity contribution in [1.29, 1.82) is 0 Å². The van der Waals surface area contributed by atoms with Gasteiger partial charge in [0, 0.05) is 0 Å². The van der Waals surface area contributed by atoms with Crippen LogP contribution in [0.5, 0.6) is 0 Å². The van der Waals surface area contributed by atoms with Crippen LogP contribution in [0.1, 0.15) is 31.4 Å². The molecule has 2 aromatic heterocycles. The highest BCUT2D eigenvalue weighted by atomic mass is 15.1. The van der Waals surface area contributed by atoms with Crippen molar-refractivity contribution in [3.05, 3.63) is 12.0 Å². The molecule has 2 rings (SSSR count). The van der Waals surface area contributed by atoms with Gasteiger partial charge in [0.2, 0.25) is 5.95 Å². The van der Waals surface area contributed by atoms with Crippen molar-refractivity contribution in [2.75, 3.05) is 12.3 Å². The first kappa shape index (κ1) is 11.8. The molecular formula is C11H18N6. The zero-order chi connectivity index (χ0) is 12.1. The number of nitrogen functional groups attached to an aromatic ring is 1. The number of aromatic nitrogens is 4. The van der Waals surface area contributed by atoms with E-state index in [0.29, 0.717) is 11.6 Å². The van der Waals surface area contributed by atoms with E-state index < -0.39 is 0 Å². The van der Waals surface area contributed by atoms with Gasteiger partial charge < -0.3 is 16.5 Å². The molecule has 6 nitrogen and oxygen atoms in total. The molecule has 17 heavy (non-hydrogen) atoms. The average molecular weight is 234 g/mol. The lowest BCUT2D eigenvalue weighted by molar-refractivity contribution is 0.643. The monoisotopic (exact) mass is 234 g/mol. The molecule has 0 aliphatic rings. The van der Waals surface area contributed by atoms with Crippen molar-refractivity contribution in [2.24, 2.45) is 5.73 Å². The van der Waals surface area contributed by atoms with E-state index in [4.69, 9.17) is 11.5 Å². The topological polar surface area (TPSA) is 106 Å². The number of unbranched alkanes of at least 4 members (excludes halogenated alkanes) is 3. The second-order valence-electron chi connectivity index (χ2n) is 4.08. The van der Waals surface area contributed by atoms with E-state index in [1.54, 1.807) is 6.33 Å². The van der Waals surface area contributed by atoms with Crippen LogP contribution in [0.25, 0.3) is 11.2 Å². The molecule has 0 radical (unpaired) electrons. The van der Waals surface area contributed by atoms with Gasteiger partial charge in [-0.25, -0.2) is 9.97 Å². The Balaban J connectivity index is 2.00. The second-order valence-corrected chi connectivity index (χ2v) is 4.08. The molecule has 2 heterocycles. The van der Waals surface area contributed by atoms with E-state index in [-0.39, 0.29) is 0 Å². The summed E-state index contributed by atoms with van der Waals surface area (Å²) in [6.45, 7) is 0.769. The van der Waals surface area contributed by atoms with Crippen LogP contribution in [0.2, 0.25) is 0 Å². The van der Waals surface area contributed by atoms with Gasteiger partial charge in [0.15, 0.2) is 5.65 Å². The maximum Gasteiger partial charge on any atom is 0.222 e. The Morgan fingerprint density at radius 3 is 2.76 bits per heavy atom. The largest absolute Gasteiger partial charge is 0.368 e. The van der Waals surface area contributed by atoms with Gasteiger partial charge in [-0.15, -0.1) is 0 Å². The molecule has 0 aromatic carbocycles. The van der Waals surface area contributed by atoms with Crippen molar-refractivity contribution < 1.29 is 0 Å². The molecule has 6 heteroatoms. The maximum atomic E-state index is 5.64. The lowest BCUT2D eigenvalue weighted by Gasteiger charge is -2.03. The van der Waals surface area contributed by atoms with Crippen molar-refractivity contribution in [2.45, 2.75) is 32.1 Å². The van der Waals surface area contributed by atoms with E-state index in [9.17, 15) is 0 Å². The Labute approximate surface area is 99.9 Å². The van der Waals surface area contributed by atoms with E-state index in [0.717, 1.165) is 43.4 Å². The van der Waals surface area contributed by atoms with E-state index in [1.165, 1.54) is 6.42 Å². The van der Waals surface area contributed by atoms with Crippen LogP contribution in [-0.2, 0) is 6.42 Å². The predicted octanol–water partition coefficient (Wildman–Crippen LogP) is 0.997. The average Bonchev–Trinajstić information content (AvgIpc) is 2.76.